The van der Waals surface area contributed by atoms with Gasteiger partial charge in [0.25, 0.3) is 0 Å². The van der Waals surface area contributed by atoms with Crippen LogP contribution in [0.2, 0.25) is 0 Å². The summed E-state index contributed by atoms with van der Waals surface area (Å²) in [5.74, 6) is -10.5. The summed E-state index contributed by atoms with van der Waals surface area (Å²) in [5.41, 5.74) is 6.49. The lowest BCUT2D eigenvalue weighted by molar-refractivity contribution is -0.143. The van der Waals surface area contributed by atoms with Gasteiger partial charge in [-0.25, -0.2) is 9.18 Å². The van der Waals surface area contributed by atoms with Crippen molar-refractivity contribution in [1.29, 1.82) is 0 Å². The number of aliphatic hydroxyl groups excluding tert-OH is 1. The van der Waals surface area contributed by atoms with Crippen LogP contribution in [0.1, 0.15) is 37.8 Å². The van der Waals surface area contributed by atoms with Gasteiger partial charge in [-0.2, -0.15) is 0 Å². The van der Waals surface area contributed by atoms with E-state index >= 15 is 0 Å². The second kappa shape index (κ2) is 17.3. The quantitative estimate of drug-likeness (QED) is 0.0958. The molecule has 16 nitrogen and oxygen atoms in total. The van der Waals surface area contributed by atoms with Crippen molar-refractivity contribution in [3.63, 3.8) is 0 Å². The Balaban J connectivity index is 1.79. The van der Waals surface area contributed by atoms with E-state index in [0.717, 1.165) is 13.8 Å². The third-order valence-electron chi connectivity index (χ3n) is 7.84. The number of carboxylic acid groups (broad SMARTS) is 1. The Labute approximate surface area is 286 Å². The second-order valence-corrected chi connectivity index (χ2v) is 12.1. The molecule has 2 aromatic carbocycles. The molecular formula is C33H41FN6O10. The summed E-state index contributed by atoms with van der Waals surface area (Å²) in [7, 11) is 0. The number of likely N-dealkylation sites (tertiary alicyclic amines) is 1. The van der Waals surface area contributed by atoms with E-state index in [9.17, 15) is 53.3 Å². The first-order valence-corrected chi connectivity index (χ1v) is 15.6. The third kappa shape index (κ3) is 11.3. The molecule has 50 heavy (non-hydrogen) atoms. The van der Waals surface area contributed by atoms with Gasteiger partial charge in [-0.3, -0.25) is 28.8 Å². The van der Waals surface area contributed by atoms with E-state index in [1.54, 1.807) is 60.7 Å². The molecule has 270 valence electrons. The van der Waals surface area contributed by atoms with Crippen LogP contribution in [0.4, 0.5) is 4.39 Å². The van der Waals surface area contributed by atoms with E-state index in [0.29, 0.717) is 16.0 Å². The molecule has 0 radical (unpaired) electrons. The molecule has 7 atom stereocenters. The van der Waals surface area contributed by atoms with Crippen molar-refractivity contribution >= 4 is 41.4 Å². The van der Waals surface area contributed by atoms with Crippen LogP contribution in [0.25, 0.3) is 0 Å². The first kappa shape index (κ1) is 39.0. The number of nitrogens with two attached hydrogens (primary N) is 1. The highest BCUT2D eigenvalue weighted by atomic mass is 19.2. The molecule has 0 spiro atoms. The number of amides is 6. The SMILES string of the molecule is CC(=O)N[C@@H](Cc1ccccc1)C(=O)N1C[C@@](O)(F)C[C@H]1C(=O)N[C@@H](CC(N)=O)C(=O)N[C@H](C(=O)N[C@@H](Cc1ccccc1)C(=O)O)[C@@H](C)O. The Hall–Kier alpha value is -5.42. The smallest absolute Gasteiger partial charge is 0.326 e. The van der Waals surface area contributed by atoms with Crippen LogP contribution in [0.3, 0.4) is 0 Å². The van der Waals surface area contributed by atoms with Gasteiger partial charge in [0, 0.05) is 26.2 Å². The van der Waals surface area contributed by atoms with Gasteiger partial charge in [-0.05, 0) is 18.1 Å². The van der Waals surface area contributed by atoms with E-state index in [1.165, 1.54) is 0 Å². The Kier molecular flexibility index (Phi) is 13.5. The zero-order valence-corrected chi connectivity index (χ0v) is 27.4. The van der Waals surface area contributed by atoms with E-state index < -0.39 is 103 Å². The molecule has 0 unspecified atom stereocenters. The molecule has 1 fully saturated rings. The number of halogens is 1. The molecule has 17 heteroatoms. The zero-order chi connectivity index (χ0) is 37.2. The fourth-order valence-corrected chi connectivity index (χ4v) is 5.45. The molecule has 6 amide bonds. The number of carboxylic acids is 1. The predicted molar refractivity (Wildman–Crippen MR) is 173 cm³/mol. The molecule has 1 saturated heterocycles. The lowest BCUT2D eigenvalue weighted by Gasteiger charge is -2.30. The number of rotatable bonds is 16. The Morgan fingerprint density at radius 2 is 1.40 bits per heavy atom. The summed E-state index contributed by atoms with van der Waals surface area (Å²) < 4.78 is 15.0. The van der Waals surface area contributed by atoms with Crippen molar-refractivity contribution in [2.45, 2.75) is 81.7 Å². The maximum atomic E-state index is 15.0. The Morgan fingerprint density at radius 3 is 1.88 bits per heavy atom. The van der Waals surface area contributed by atoms with Gasteiger partial charge in [0.1, 0.15) is 30.2 Å². The maximum absolute atomic E-state index is 15.0. The van der Waals surface area contributed by atoms with Crippen LogP contribution in [0, 0.1) is 0 Å². The van der Waals surface area contributed by atoms with Crippen molar-refractivity contribution in [2.75, 3.05) is 6.54 Å². The normalized spacial score (nSPS) is 19.9. The molecule has 1 aliphatic heterocycles. The van der Waals surface area contributed by atoms with E-state index in [2.05, 4.69) is 21.3 Å². The molecule has 0 aliphatic carbocycles. The van der Waals surface area contributed by atoms with E-state index in [4.69, 9.17) is 5.73 Å². The lowest BCUT2D eigenvalue weighted by Crippen LogP contribution is -2.61. The first-order chi connectivity index (χ1) is 23.5. The third-order valence-corrected chi connectivity index (χ3v) is 7.84. The van der Waals surface area contributed by atoms with Gasteiger partial charge in [0.05, 0.1) is 19.1 Å². The Bertz CT molecular complexity index is 1560. The second-order valence-electron chi connectivity index (χ2n) is 12.1. The number of nitrogens with zero attached hydrogens (tertiary/aromatic N) is 1. The lowest BCUT2D eigenvalue weighted by atomic mass is 10.0. The number of hydrogen-bond donors (Lipinski definition) is 8. The van der Waals surface area contributed by atoms with Crippen LogP contribution >= 0.6 is 0 Å². The number of carbonyl (C=O) groups excluding carboxylic acids is 6. The van der Waals surface area contributed by atoms with Crippen LogP contribution in [-0.4, -0.2) is 110 Å². The molecule has 3 rings (SSSR count). The fourth-order valence-electron chi connectivity index (χ4n) is 5.45. The maximum Gasteiger partial charge on any atom is 0.326 e. The van der Waals surface area contributed by atoms with Crippen LogP contribution < -0.4 is 27.0 Å². The molecule has 0 saturated carbocycles. The summed E-state index contributed by atoms with van der Waals surface area (Å²) in [6.07, 6.45) is -3.55. The summed E-state index contributed by atoms with van der Waals surface area (Å²) in [6.45, 7) is 1.33. The number of nitrogens with one attached hydrogen (secondary N) is 4. The first-order valence-electron chi connectivity index (χ1n) is 15.6. The number of β-amino-alcohol motifs (C(OH)–C–C–N with tert-alkyl or cyclic N) is 1. The van der Waals surface area contributed by atoms with Gasteiger partial charge >= 0.3 is 5.97 Å². The Morgan fingerprint density at radius 1 is 0.860 bits per heavy atom. The molecule has 9 N–H and O–H groups in total. The average Bonchev–Trinajstić information content (AvgIpc) is 3.37. The summed E-state index contributed by atoms with van der Waals surface area (Å²) in [6, 6.07) is 8.76. The molecular weight excluding hydrogens is 659 g/mol. The highest BCUT2D eigenvalue weighted by Gasteiger charge is 2.50. The standard InChI is InChI=1S/C33H41FN6O10/c1-18(41)27(30(46)38-24(32(48)49)14-21-11-7-4-8-12-21)39-28(44)22(15-26(35)43)37-29(45)25-16-33(34,50)17-40(25)31(47)23(36-19(2)42)13-20-9-5-3-6-10-20/h3-12,18,22-25,27,41,50H,13-17H2,1-2H3,(H2,35,43)(H,36,42)(H,37,45)(H,38,46)(H,39,44)(H,48,49)/t18-,22+,23+,24+,25+,27+,33-/m1/s1. The van der Waals surface area contributed by atoms with Gasteiger partial charge in [-0.15, -0.1) is 0 Å². The number of aliphatic hydroxyl groups is 2. The molecule has 2 aromatic rings. The number of alkyl halides is 1. The highest BCUT2D eigenvalue weighted by molar-refractivity contribution is 5.98. The average molecular weight is 701 g/mol. The minimum atomic E-state index is -3.04. The van der Waals surface area contributed by atoms with Crippen molar-refractivity contribution in [1.82, 2.24) is 26.2 Å². The molecule has 0 aromatic heterocycles. The van der Waals surface area contributed by atoms with E-state index in [-0.39, 0.29) is 12.8 Å². The zero-order valence-electron chi connectivity index (χ0n) is 27.4. The van der Waals surface area contributed by atoms with Gasteiger partial charge in [0.2, 0.25) is 41.3 Å². The molecule has 0 bridgehead atoms. The van der Waals surface area contributed by atoms with Crippen LogP contribution in [0.5, 0.6) is 0 Å². The minimum Gasteiger partial charge on any atom is -0.480 e. The van der Waals surface area contributed by atoms with Crippen molar-refractivity contribution in [2.24, 2.45) is 5.73 Å². The van der Waals surface area contributed by atoms with Crippen molar-refractivity contribution in [3.05, 3.63) is 71.8 Å². The van der Waals surface area contributed by atoms with Crippen LogP contribution in [-0.2, 0) is 46.4 Å². The number of benzene rings is 2. The van der Waals surface area contributed by atoms with Gasteiger partial charge in [0.15, 0.2) is 0 Å². The number of hydrogen-bond acceptors (Lipinski definition) is 9. The van der Waals surface area contributed by atoms with Crippen molar-refractivity contribution in [3.8, 4) is 0 Å². The summed E-state index contributed by atoms with van der Waals surface area (Å²) in [5, 5.41) is 39.3. The summed E-state index contributed by atoms with van der Waals surface area (Å²) >= 11 is 0. The molecule has 1 aliphatic rings. The highest BCUT2D eigenvalue weighted by Crippen LogP contribution is 2.30. The van der Waals surface area contributed by atoms with Crippen molar-refractivity contribution < 1.29 is 53.3 Å². The van der Waals surface area contributed by atoms with E-state index in [1.807, 2.05) is 0 Å². The molecule has 1 heterocycles. The predicted octanol–water partition coefficient (Wildman–Crippen LogP) is -1.97. The number of carbonyl (C=O) groups is 7. The number of aliphatic carboxylic acids is 1. The monoisotopic (exact) mass is 700 g/mol. The van der Waals surface area contributed by atoms with Crippen LogP contribution in [0.15, 0.2) is 60.7 Å². The number of primary amides is 1. The fraction of sp³-hybridized carbons (Fsp3) is 0.424. The summed E-state index contributed by atoms with van der Waals surface area (Å²) in [4.78, 5) is 90.0. The van der Waals surface area contributed by atoms with Gasteiger partial charge < -0.3 is 47.2 Å². The van der Waals surface area contributed by atoms with Gasteiger partial charge in [-0.1, -0.05) is 60.7 Å². The largest absolute Gasteiger partial charge is 0.480 e. The topological polar surface area (TPSA) is 258 Å². The minimum absolute atomic E-state index is 0.0433.